The van der Waals surface area contributed by atoms with E-state index in [2.05, 4.69) is 10.6 Å². The maximum atomic E-state index is 12.3. The summed E-state index contributed by atoms with van der Waals surface area (Å²) in [4.78, 5) is 24.2. The smallest absolute Gasteiger partial charge is 0.211 e. The Balaban J connectivity index is 2.59. The Bertz CT molecular complexity index is 556. The number of Topliss-reactive ketones (excluding diaryl/α,β-unsaturated/α-hetero) is 1. The molecule has 0 heterocycles. The van der Waals surface area contributed by atoms with Gasteiger partial charge in [0, 0.05) is 20.2 Å². The number of nitrogens with one attached hydrogen (secondary N) is 2. The van der Waals surface area contributed by atoms with Crippen LogP contribution < -0.4 is 10.6 Å². The van der Waals surface area contributed by atoms with Crippen molar-refractivity contribution in [2.75, 3.05) is 14.1 Å². The fourth-order valence-electron chi connectivity index (χ4n) is 1.95. The molecule has 2 rings (SSSR count). The fraction of sp³-hybridized carbons (Fsp3) is 0.143. The van der Waals surface area contributed by atoms with E-state index in [1.807, 2.05) is 30.3 Å². The average molecular weight is 242 g/mol. The van der Waals surface area contributed by atoms with Crippen molar-refractivity contribution in [1.29, 1.82) is 0 Å². The monoisotopic (exact) mass is 242 g/mol. The van der Waals surface area contributed by atoms with Crippen molar-refractivity contribution in [2.45, 2.75) is 0 Å². The van der Waals surface area contributed by atoms with Crippen molar-refractivity contribution in [3.8, 4) is 0 Å². The van der Waals surface area contributed by atoms with Gasteiger partial charge < -0.3 is 10.6 Å². The third-order valence-electron chi connectivity index (χ3n) is 2.83. The lowest BCUT2D eigenvalue weighted by molar-refractivity contribution is -0.115. The number of rotatable bonds is 3. The van der Waals surface area contributed by atoms with Gasteiger partial charge in [0.25, 0.3) is 0 Å². The summed E-state index contributed by atoms with van der Waals surface area (Å²) in [6, 6.07) is 9.18. The molecular formula is C14H14N2O2. The Morgan fingerprint density at radius 3 is 2.17 bits per heavy atom. The van der Waals surface area contributed by atoms with E-state index >= 15 is 0 Å². The van der Waals surface area contributed by atoms with Crippen molar-refractivity contribution < 1.29 is 9.59 Å². The van der Waals surface area contributed by atoms with Gasteiger partial charge in [-0.15, -0.1) is 0 Å². The highest BCUT2D eigenvalue weighted by Gasteiger charge is 2.28. The molecule has 0 radical (unpaired) electrons. The molecule has 2 N–H and O–H groups in total. The van der Waals surface area contributed by atoms with Crippen LogP contribution in [0, 0.1) is 0 Å². The van der Waals surface area contributed by atoms with Crippen molar-refractivity contribution in [1.82, 2.24) is 10.6 Å². The number of allylic oxidation sites excluding steroid dienone is 2. The van der Waals surface area contributed by atoms with Crippen LogP contribution in [-0.2, 0) is 9.59 Å². The molecular weight excluding hydrogens is 228 g/mol. The van der Waals surface area contributed by atoms with Crippen molar-refractivity contribution in [3.63, 3.8) is 0 Å². The van der Waals surface area contributed by atoms with E-state index in [0.29, 0.717) is 17.0 Å². The number of likely N-dealkylation sites (N-methyl/N-ethyl adjacent to an activating group) is 2. The van der Waals surface area contributed by atoms with Gasteiger partial charge in [0.2, 0.25) is 11.6 Å². The van der Waals surface area contributed by atoms with Crippen LogP contribution in [0.1, 0.15) is 5.56 Å². The van der Waals surface area contributed by atoms with E-state index in [1.54, 1.807) is 14.1 Å². The third-order valence-corrected chi connectivity index (χ3v) is 2.83. The Kier molecular flexibility index (Phi) is 3.28. The molecule has 0 spiro atoms. The second-order valence-electron chi connectivity index (χ2n) is 3.87. The first-order chi connectivity index (χ1) is 8.69. The SMILES string of the molecule is CNC1=CC(=O)C(NC)=C(c2ccccc2)C1=O. The van der Waals surface area contributed by atoms with Gasteiger partial charge in [-0.1, -0.05) is 30.3 Å². The number of ketones is 2. The number of benzene rings is 1. The molecule has 1 aliphatic carbocycles. The zero-order chi connectivity index (χ0) is 13.1. The second-order valence-corrected chi connectivity index (χ2v) is 3.87. The van der Waals surface area contributed by atoms with Crippen molar-refractivity contribution in [3.05, 3.63) is 53.4 Å². The summed E-state index contributed by atoms with van der Waals surface area (Å²) in [6.07, 6.45) is 1.32. The summed E-state index contributed by atoms with van der Waals surface area (Å²) in [7, 11) is 3.27. The van der Waals surface area contributed by atoms with E-state index in [9.17, 15) is 9.59 Å². The normalized spacial score (nSPS) is 15.6. The largest absolute Gasteiger partial charge is 0.385 e. The third kappa shape index (κ3) is 1.93. The minimum atomic E-state index is -0.194. The molecule has 1 aromatic rings. The van der Waals surface area contributed by atoms with Gasteiger partial charge in [-0.25, -0.2) is 0 Å². The van der Waals surface area contributed by atoms with Gasteiger partial charge in [0.15, 0.2) is 0 Å². The van der Waals surface area contributed by atoms with E-state index in [0.717, 1.165) is 5.56 Å². The van der Waals surface area contributed by atoms with Crippen LogP contribution in [-0.4, -0.2) is 25.7 Å². The average Bonchev–Trinajstić information content (AvgIpc) is 2.41. The molecule has 0 bridgehead atoms. The van der Waals surface area contributed by atoms with E-state index in [1.165, 1.54) is 6.08 Å². The molecule has 0 atom stereocenters. The second kappa shape index (κ2) is 4.87. The highest BCUT2D eigenvalue weighted by atomic mass is 16.1. The minimum absolute atomic E-state index is 0.173. The molecule has 0 aliphatic heterocycles. The molecule has 1 aromatic carbocycles. The molecule has 18 heavy (non-hydrogen) atoms. The summed E-state index contributed by atoms with van der Waals surface area (Å²) < 4.78 is 0. The standard InChI is InChI=1S/C14H14N2O2/c1-15-10-8-11(17)13(16-2)12(14(10)18)9-6-4-3-5-7-9/h3-8,15-16H,1-2H3. The number of hydrogen-bond donors (Lipinski definition) is 2. The van der Waals surface area contributed by atoms with E-state index in [-0.39, 0.29) is 11.6 Å². The Hall–Kier alpha value is -2.36. The lowest BCUT2D eigenvalue weighted by atomic mass is 9.91. The predicted octanol–water partition coefficient (Wildman–Crippen LogP) is 0.872. The van der Waals surface area contributed by atoms with Crippen LogP contribution in [0.4, 0.5) is 0 Å². The van der Waals surface area contributed by atoms with Crippen LogP contribution in [0.15, 0.2) is 47.8 Å². The molecule has 4 nitrogen and oxygen atoms in total. The topological polar surface area (TPSA) is 58.2 Å². The van der Waals surface area contributed by atoms with Crippen LogP contribution in [0.25, 0.3) is 5.57 Å². The summed E-state index contributed by atoms with van der Waals surface area (Å²) in [5.41, 5.74) is 1.80. The summed E-state index contributed by atoms with van der Waals surface area (Å²) >= 11 is 0. The van der Waals surface area contributed by atoms with Crippen LogP contribution in [0.3, 0.4) is 0 Å². The van der Waals surface area contributed by atoms with Crippen molar-refractivity contribution in [2.24, 2.45) is 0 Å². The first kappa shape index (κ1) is 12.1. The van der Waals surface area contributed by atoms with E-state index in [4.69, 9.17) is 0 Å². The molecule has 0 saturated heterocycles. The highest BCUT2D eigenvalue weighted by molar-refractivity contribution is 6.37. The molecule has 0 unspecified atom stereocenters. The lowest BCUT2D eigenvalue weighted by Crippen LogP contribution is -2.29. The summed E-state index contributed by atoms with van der Waals surface area (Å²) in [5, 5.41) is 5.57. The molecule has 0 saturated carbocycles. The first-order valence-electron chi connectivity index (χ1n) is 5.65. The first-order valence-corrected chi connectivity index (χ1v) is 5.65. The van der Waals surface area contributed by atoms with Gasteiger partial charge in [-0.2, -0.15) is 0 Å². The Labute approximate surface area is 105 Å². The number of carbonyl (C=O) groups is 2. The van der Waals surface area contributed by atoms with Gasteiger partial charge >= 0.3 is 0 Å². The van der Waals surface area contributed by atoms with Crippen LogP contribution in [0.2, 0.25) is 0 Å². The molecule has 4 heteroatoms. The van der Waals surface area contributed by atoms with Crippen LogP contribution >= 0.6 is 0 Å². The van der Waals surface area contributed by atoms with Crippen molar-refractivity contribution >= 4 is 17.1 Å². The highest BCUT2D eigenvalue weighted by Crippen LogP contribution is 2.25. The van der Waals surface area contributed by atoms with Gasteiger partial charge in [0.05, 0.1) is 17.0 Å². The van der Waals surface area contributed by atoms with Gasteiger partial charge in [0.1, 0.15) is 0 Å². The zero-order valence-electron chi connectivity index (χ0n) is 10.3. The molecule has 1 aliphatic rings. The predicted molar refractivity (Wildman–Crippen MR) is 69.6 cm³/mol. The molecule has 0 amide bonds. The Morgan fingerprint density at radius 2 is 1.61 bits per heavy atom. The van der Waals surface area contributed by atoms with Gasteiger partial charge in [-0.3, -0.25) is 9.59 Å². The summed E-state index contributed by atoms with van der Waals surface area (Å²) in [6.45, 7) is 0. The zero-order valence-corrected chi connectivity index (χ0v) is 10.3. The number of carbonyl (C=O) groups excluding carboxylic acids is 2. The van der Waals surface area contributed by atoms with Crippen LogP contribution in [0.5, 0.6) is 0 Å². The maximum absolute atomic E-state index is 12.3. The molecule has 92 valence electrons. The quantitative estimate of drug-likeness (QED) is 0.772. The van der Waals surface area contributed by atoms with E-state index < -0.39 is 0 Å². The fourth-order valence-corrected chi connectivity index (χ4v) is 1.95. The van der Waals surface area contributed by atoms with Gasteiger partial charge in [-0.05, 0) is 5.56 Å². The maximum Gasteiger partial charge on any atom is 0.211 e. The molecule has 0 fully saturated rings. The number of hydrogen-bond acceptors (Lipinski definition) is 4. The summed E-state index contributed by atoms with van der Waals surface area (Å²) in [5.74, 6) is -0.368. The molecule has 0 aromatic heterocycles. The lowest BCUT2D eigenvalue weighted by Gasteiger charge is -2.18. The minimum Gasteiger partial charge on any atom is -0.385 e. The Morgan fingerprint density at radius 1 is 0.944 bits per heavy atom.